The van der Waals surface area contributed by atoms with Crippen molar-refractivity contribution in [2.24, 2.45) is 0 Å². The zero-order valence-corrected chi connectivity index (χ0v) is 47.6. The minimum absolute atomic E-state index is 0.163. The summed E-state index contributed by atoms with van der Waals surface area (Å²) >= 11 is 0. The molecule has 0 saturated carbocycles. The molecule has 72 heavy (non-hydrogen) atoms. The lowest BCUT2D eigenvalue weighted by Crippen LogP contribution is -2.30. The van der Waals surface area contributed by atoms with E-state index in [0.29, 0.717) is 19.3 Å². The van der Waals surface area contributed by atoms with E-state index < -0.39 is 57.8 Å². The molecular weight excluding hydrogens is 928 g/mol. The number of carbonyl (C=O) groups is 3. The van der Waals surface area contributed by atoms with Crippen molar-refractivity contribution in [3.05, 3.63) is 36.5 Å². The van der Waals surface area contributed by atoms with Gasteiger partial charge in [0.1, 0.15) is 12.7 Å². The normalized spacial score (nSPS) is 13.6. The maximum atomic E-state index is 12.9. The quantitative estimate of drug-likeness (QED) is 0.0197. The summed E-state index contributed by atoms with van der Waals surface area (Å²) in [7, 11) is -4.75. The molecule has 0 amide bonds. The highest BCUT2D eigenvalue weighted by Gasteiger charge is 2.28. The van der Waals surface area contributed by atoms with Gasteiger partial charge in [-0.25, -0.2) is 4.57 Å². The van der Waals surface area contributed by atoms with Crippen LogP contribution in [0.2, 0.25) is 0 Å². The highest BCUT2D eigenvalue weighted by molar-refractivity contribution is 7.47. The first kappa shape index (κ1) is 69.7. The number of esters is 3. The predicted molar refractivity (Wildman–Crippen MR) is 298 cm³/mol. The summed E-state index contributed by atoms with van der Waals surface area (Å²) in [6.07, 6.45) is 56.8. The Hall–Kier alpha value is -2.30. The third kappa shape index (κ3) is 52.6. The van der Waals surface area contributed by atoms with Crippen LogP contribution in [-0.4, -0.2) is 66.5 Å². The van der Waals surface area contributed by atoms with Crippen molar-refractivity contribution in [1.29, 1.82) is 0 Å². The van der Waals surface area contributed by atoms with E-state index >= 15 is 0 Å². The van der Waals surface area contributed by atoms with Gasteiger partial charge in [0.15, 0.2) is 6.10 Å². The van der Waals surface area contributed by atoms with Crippen molar-refractivity contribution in [1.82, 2.24) is 0 Å². The third-order valence-electron chi connectivity index (χ3n) is 13.0. The van der Waals surface area contributed by atoms with Gasteiger partial charge in [0.2, 0.25) is 0 Å². The first-order valence-electron chi connectivity index (χ1n) is 29.9. The fourth-order valence-electron chi connectivity index (χ4n) is 8.43. The topological polar surface area (TPSA) is 155 Å². The van der Waals surface area contributed by atoms with E-state index in [1.807, 2.05) is 0 Å². The molecule has 3 atom stereocenters. The van der Waals surface area contributed by atoms with Gasteiger partial charge in [0.25, 0.3) is 0 Å². The Morgan fingerprint density at radius 3 is 1.11 bits per heavy atom. The maximum absolute atomic E-state index is 12.9. The van der Waals surface area contributed by atoms with Gasteiger partial charge in [-0.3, -0.25) is 23.4 Å². The number of aliphatic hydroxyl groups excluding tert-OH is 1. The summed E-state index contributed by atoms with van der Waals surface area (Å²) in [6.45, 7) is 4.60. The van der Waals surface area contributed by atoms with Crippen LogP contribution in [0.4, 0.5) is 0 Å². The number of hydrogen-bond donors (Lipinski definition) is 2. The lowest BCUT2D eigenvalue weighted by Gasteiger charge is -2.21. The predicted octanol–water partition coefficient (Wildman–Crippen LogP) is 17.6. The number of aliphatic hydroxyl groups is 1. The Morgan fingerprint density at radius 1 is 0.389 bits per heavy atom. The van der Waals surface area contributed by atoms with Crippen LogP contribution in [0.3, 0.4) is 0 Å². The Bertz CT molecular complexity index is 1350. The molecule has 0 bridgehead atoms. The average Bonchev–Trinajstić information content (AvgIpc) is 3.37. The summed E-state index contributed by atoms with van der Waals surface area (Å²) in [4.78, 5) is 48.5. The van der Waals surface area contributed by atoms with E-state index in [1.165, 1.54) is 128 Å². The van der Waals surface area contributed by atoms with Crippen molar-refractivity contribution >= 4 is 25.7 Å². The van der Waals surface area contributed by atoms with Crippen molar-refractivity contribution in [2.45, 2.75) is 303 Å². The third-order valence-corrected chi connectivity index (χ3v) is 14.0. The number of phosphoric acid groups is 1. The molecule has 0 saturated heterocycles. The second-order valence-electron chi connectivity index (χ2n) is 20.2. The zero-order chi connectivity index (χ0) is 52.7. The van der Waals surface area contributed by atoms with Gasteiger partial charge in [0.05, 0.1) is 19.8 Å². The first-order chi connectivity index (χ1) is 35.2. The molecule has 2 N–H and O–H groups in total. The molecule has 0 aliphatic carbocycles. The van der Waals surface area contributed by atoms with Gasteiger partial charge in [-0.05, 0) is 70.6 Å². The molecule has 0 aromatic rings. The zero-order valence-electron chi connectivity index (χ0n) is 46.7. The molecule has 0 fully saturated rings. The van der Waals surface area contributed by atoms with Crippen LogP contribution in [0.25, 0.3) is 0 Å². The Balaban J connectivity index is 4.64. The summed E-state index contributed by atoms with van der Waals surface area (Å²) in [5.74, 6) is -1.47. The molecule has 11 nitrogen and oxygen atoms in total. The number of unbranched alkanes of at least 4 members (excludes halogenated alkanes) is 33. The van der Waals surface area contributed by atoms with Crippen LogP contribution in [0.1, 0.15) is 290 Å². The van der Waals surface area contributed by atoms with E-state index in [9.17, 15) is 28.9 Å². The Morgan fingerprint density at radius 2 is 0.694 bits per heavy atom. The van der Waals surface area contributed by atoms with E-state index in [1.54, 1.807) is 0 Å². The minimum Gasteiger partial charge on any atom is -0.462 e. The fraction of sp³-hybridized carbons (Fsp3) is 0.850. The number of allylic oxidation sites excluding steroid dienone is 6. The van der Waals surface area contributed by atoms with Crippen LogP contribution < -0.4 is 0 Å². The van der Waals surface area contributed by atoms with E-state index in [-0.39, 0.29) is 25.9 Å². The van der Waals surface area contributed by atoms with Crippen molar-refractivity contribution in [2.75, 3.05) is 26.4 Å². The summed E-state index contributed by atoms with van der Waals surface area (Å²) in [5, 5.41) is 9.81. The number of phosphoric ester groups is 1. The number of hydrogen-bond acceptors (Lipinski definition) is 10. The summed E-state index contributed by atoms with van der Waals surface area (Å²) in [6, 6.07) is 0. The van der Waals surface area contributed by atoms with Gasteiger partial charge in [0, 0.05) is 19.3 Å². The van der Waals surface area contributed by atoms with Crippen LogP contribution in [0.5, 0.6) is 0 Å². The second kappa shape index (κ2) is 54.9. The molecule has 0 rings (SSSR count). The number of rotatable bonds is 56. The highest BCUT2D eigenvalue weighted by Crippen LogP contribution is 2.43. The highest BCUT2D eigenvalue weighted by atomic mass is 31.2. The molecule has 0 aliphatic heterocycles. The molecule has 0 aromatic heterocycles. The molecule has 12 heteroatoms. The molecule has 0 heterocycles. The lowest BCUT2D eigenvalue weighted by molar-refractivity contribution is -0.161. The summed E-state index contributed by atoms with van der Waals surface area (Å²) < 4.78 is 39.5. The van der Waals surface area contributed by atoms with Crippen molar-refractivity contribution in [3.63, 3.8) is 0 Å². The molecule has 0 aromatic carbocycles. The molecule has 3 unspecified atom stereocenters. The smallest absolute Gasteiger partial charge is 0.462 e. The second-order valence-corrected chi connectivity index (χ2v) is 21.6. The van der Waals surface area contributed by atoms with E-state index in [2.05, 4.69) is 57.2 Å². The average molecular weight is 1040 g/mol. The van der Waals surface area contributed by atoms with Gasteiger partial charge in [-0.1, -0.05) is 237 Å². The molecule has 0 radical (unpaired) electrons. The summed E-state index contributed by atoms with van der Waals surface area (Å²) in [5.41, 5.74) is 0. The van der Waals surface area contributed by atoms with E-state index in [4.69, 9.17) is 23.3 Å². The largest absolute Gasteiger partial charge is 0.472 e. The van der Waals surface area contributed by atoms with Gasteiger partial charge in [-0.15, -0.1) is 0 Å². The number of ether oxygens (including phenoxy) is 3. The van der Waals surface area contributed by atoms with Gasteiger partial charge in [-0.2, -0.15) is 0 Å². The van der Waals surface area contributed by atoms with Gasteiger partial charge < -0.3 is 24.2 Å². The van der Waals surface area contributed by atoms with E-state index in [0.717, 1.165) is 103 Å². The monoisotopic (exact) mass is 1040 g/mol. The number of carbonyl (C=O) groups excluding carboxylic acids is 3. The lowest BCUT2D eigenvalue weighted by atomic mass is 10.0. The van der Waals surface area contributed by atoms with Crippen LogP contribution >= 0.6 is 7.82 Å². The SMILES string of the molecule is CCCC/C=C\CCCCCCCC(=O)OCC(COP(=O)(O)OCC(CO)OC(=O)CCCCCCC/C=C\C/C=C\CCCCC)OC(=O)CCCCCCCCCCCCCCCCCCCCC. The Kier molecular flexibility index (Phi) is 53.2. The molecule has 422 valence electrons. The standard InChI is InChI=1S/C60H111O11P/c1-4-7-10-13-16-19-22-24-26-27-28-29-31-33-36-39-42-45-48-51-60(64)71-57(53-67-58(62)49-46-43-40-37-34-21-18-15-12-9-6-3)55-69-72(65,66)68-54-56(52-61)70-59(63)50-47-44-41-38-35-32-30-25-23-20-17-14-11-8-5-2/h15,17-18,20,25,30,56-57,61H,4-14,16,19,21-24,26-29,31-55H2,1-3H3,(H,65,66)/b18-15-,20-17-,30-25-. The van der Waals surface area contributed by atoms with Crippen LogP contribution in [0.15, 0.2) is 36.5 Å². The maximum Gasteiger partial charge on any atom is 0.472 e. The fourth-order valence-corrected chi connectivity index (χ4v) is 9.21. The van der Waals surface area contributed by atoms with Crippen LogP contribution in [0, 0.1) is 0 Å². The first-order valence-corrected chi connectivity index (χ1v) is 31.4. The molecule has 0 aliphatic rings. The van der Waals surface area contributed by atoms with Gasteiger partial charge >= 0.3 is 25.7 Å². The van der Waals surface area contributed by atoms with Crippen LogP contribution in [-0.2, 0) is 42.2 Å². The van der Waals surface area contributed by atoms with Crippen molar-refractivity contribution < 1.29 is 52.2 Å². The van der Waals surface area contributed by atoms with Crippen molar-refractivity contribution in [3.8, 4) is 0 Å². The minimum atomic E-state index is -4.75. The Labute approximate surface area is 441 Å². The molecule has 0 spiro atoms. The molecular formula is C60H111O11P.